The maximum absolute atomic E-state index is 12.6. The second-order valence-corrected chi connectivity index (χ2v) is 6.25. The largest absolute Gasteiger partial charge is 0.298 e. The van der Waals surface area contributed by atoms with E-state index in [4.69, 9.17) is 0 Å². The molecule has 0 saturated heterocycles. The molecule has 0 spiro atoms. The summed E-state index contributed by atoms with van der Waals surface area (Å²) in [6.45, 7) is 6.66. The third-order valence-corrected chi connectivity index (χ3v) is 4.71. The van der Waals surface area contributed by atoms with Gasteiger partial charge in [-0.25, -0.2) is 0 Å². The van der Waals surface area contributed by atoms with E-state index in [0.717, 1.165) is 31.6 Å². The van der Waals surface area contributed by atoms with Gasteiger partial charge in [0.25, 0.3) is 0 Å². The second kappa shape index (κ2) is 5.99. The number of hydrogen-bond acceptors (Lipinski definition) is 2. The summed E-state index contributed by atoms with van der Waals surface area (Å²) < 4.78 is 0. The van der Waals surface area contributed by atoms with Gasteiger partial charge in [-0.1, -0.05) is 27.2 Å². The zero-order valence-corrected chi connectivity index (χ0v) is 12.3. The average molecular weight is 239 g/mol. The molecule has 2 heteroatoms. The van der Waals surface area contributed by atoms with Crippen molar-refractivity contribution in [1.82, 2.24) is 4.90 Å². The molecular formula is C15H29NO. The third-order valence-electron chi connectivity index (χ3n) is 4.71. The van der Waals surface area contributed by atoms with Gasteiger partial charge >= 0.3 is 0 Å². The summed E-state index contributed by atoms with van der Waals surface area (Å²) >= 11 is 0. The zero-order valence-electron chi connectivity index (χ0n) is 12.3. The standard InChI is InChI=1S/C15H29NO/c1-6-12(2)11-14(17)15(16(4)5)9-7-13(3)8-10-15/h12-13H,6-11H2,1-5H3. The monoisotopic (exact) mass is 239 g/mol. The molecule has 0 aliphatic heterocycles. The molecule has 0 bridgehead atoms. The molecular weight excluding hydrogens is 210 g/mol. The Kier molecular flexibility index (Phi) is 5.18. The normalized spacial score (nSPS) is 31.5. The number of rotatable bonds is 5. The van der Waals surface area contributed by atoms with E-state index in [-0.39, 0.29) is 5.54 Å². The lowest BCUT2D eigenvalue weighted by molar-refractivity contribution is -0.133. The van der Waals surface area contributed by atoms with Crippen LogP contribution in [0.2, 0.25) is 0 Å². The Bertz CT molecular complexity index is 252. The van der Waals surface area contributed by atoms with Crippen molar-refractivity contribution in [3.05, 3.63) is 0 Å². The smallest absolute Gasteiger partial charge is 0.153 e. The topological polar surface area (TPSA) is 20.3 Å². The minimum Gasteiger partial charge on any atom is -0.298 e. The molecule has 0 N–H and O–H groups in total. The Morgan fingerprint density at radius 2 is 1.88 bits per heavy atom. The maximum atomic E-state index is 12.6. The van der Waals surface area contributed by atoms with Crippen LogP contribution >= 0.6 is 0 Å². The minimum atomic E-state index is -0.157. The second-order valence-electron chi connectivity index (χ2n) is 6.25. The van der Waals surface area contributed by atoms with Gasteiger partial charge in [-0.05, 0) is 51.6 Å². The lowest BCUT2D eigenvalue weighted by atomic mass is 9.72. The van der Waals surface area contributed by atoms with E-state index in [9.17, 15) is 4.79 Å². The highest BCUT2D eigenvalue weighted by Crippen LogP contribution is 2.37. The van der Waals surface area contributed by atoms with Crippen LogP contribution in [0.1, 0.15) is 59.3 Å². The number of nitrogens with zero attached hydrogens (tertiary/aromatic N) is 1. The summed E-state index contributed by atoms with van der Waals surface area (Å²) in [5.41, 5.74) is -0.157. The van der Waals surface area contributed by atoms with Crippen LogP contribution in [-0.2, 0) is 4.79 Å². The highest BCUT2D eigenvalue weighted by atomic mass is 16.1. The number of carbonyl (C=O) groups is 1. The van der Waals surface area contributed by atoms with Crippen molar-refractivity contribution in [3.8, 4) is 0 Å². The van der Waals surface area contributed by atoms with E-state index in [2.05, 4.69) is 39.8 Å². The van der Waals surface area contributed by atoms with E-state index in [1.807, 2.05) is 0 Å². The molecule has 1 aliphatic rings. The van der Waals surface area contributed by atoms with Gasteiger partial charge in [-0.3, -0.25) is 9.69 Å². The van der Waals surface area contributed by atoms with Crippen molar-refractivity contribution in [2.75, 3.05) is 14.1 Å². The predicted octanol–water partition coefficient (Wildman–Crippen LogP) is 3.50. The van der Waals surface area contributed by atoms with Crippen LogP contribution in [0, 0.1) is 11.8 Å². The van der Waals surface area contributed by atoms with E-state index in [1.54, 1.807) is 0 Å². The van der Waals surface area contributed by atoms with Gasteiger partial charge in [-0.2, -0.15) is 0 Å². The molecule has 0 aromatic heterocycles. The Morgan fingerprint density at radius 1 is 1.35 bits per heavy atom. The Hall–Kier alpha value is -0.370. The molecule has 1 rings (SSSR count). The lowest BCUT2D eigenvalue weighted by Crippen LogP contribution is -2.53. The summed E-state index contributed by atoms with van der Waals surface area (Å²) in [6, 6.07) is 0. The van der Waals surface area contributed by atoms with Gasteiger partial charge < -0.3 is 0 Å². The van der Waals surface area contributed by atoms with Crippen LogP contribution in [0.3, 0.4) is 0 Å². The Balaban J connectivity index is 2.74. The van der Waals surface area contributed by atoms with Gasteiger partial charge in [0.05, 0.1) is 5.54 Å². The molecule has 1 fully saturated rings. The molecule has 100 valence electrons. The van der Waals surface area contributed by atoms with Crippen LogP contribution in [0.25, 0.3) is 0 Å². The maximum Gasteiger partial charge on any atom is 0.153 e. The predicted molar refractivity (Wildman–Crippen MR) is 73.1 cm³/mol. The number of ketones is 1. The first-order valence-electron chi connectivity index (χ1n) is 7.13. The summed E-state index contributed by atoms with van der Waals surface area (Å²) in [5, 5.41) is 0. The van der Waals surface area contributed by atoms with Gasteiger partial charge in [0.15, 0.2) is 5.78 Å². The third kappa shape index (κ3) is 3.31. The minimum absolute atomic E-state index is 0.157. The lowest BCUT2D eigenvalue weighted by Gasteiger charge is -2.43. The van der Waals surface area contributed by atoms with E-state index < -0.39 is 0 Å². The summed E-state index contributed by atoms with van der Waals surface area (Å²) in [7, 11) is 4.15. The molecule has 1 unspecified atom stereocenters. The van der Waals surface area contributed by atoms with Crippen molar-refractivity contribution in [2.45, 2.75) is 64.8 Å². The summed E-state index contributed by atoms with van der Waals surface area (Å²) in [6.07, 6.45) is 6.36. The van der Waals surface area contributed by atoms with Crippen LogP contribution < -0.4 is 0 Å². The molecule has 1 saturated carbocycles. The SMILES string of the molecule is CCC(C)CC(=O)C1(N(C)C)CCC(C)CC1. The molecule has 0 radical (unpaired) electrons. The fraction of sp³-hybridized carbons (Fsp3) is 0.933. The number of Topliss-reactive ketones (excluding diaryl/α,β-unsaturated/α-hetero) is 1. The van der Waals surface area contributed by atoms with Crippen molar-refractivity contribution in [2.24, 2.45) is 11.8 Å². The van der Waals surface area contributed by atoms with Crippen LogP contribution in [-0.4, -0.2) is 30.3 Å². The zero-order chi connectivity index (χ0) is 13.1. The van der Waals surface area contributed by atoms with Crippen molar-refractivity contribution < 1.29 is 4.79 Å². The summed E-state index contributed by atoms with van der Waals surface area (Å²) in [4.78, 5) is 14.8. The summed E-state index contributed by atoms with van der Waals surface area (Å²) in [5.74, 6) is 1.79. The Labute approximate surface area is 107 Å². The first kappa shape index (κ1) is 14.7. The molecule has 0 aromatic carbocycles. The fourth-order valence-corrected chi connectivity index (χ4v) is 2.87. The van der Waals surface area contributed by atoms with E-state index in [0.29, 0.717) is 11.7 Å². The van der Waals surface area contributed by atoms with Crippen molar-refractivity contribution >= 4 is 5.78 Å². The van der Waals surface area contributed by atoms with Crippen molar-refractivity contribution in [1.29, 1.82) is 0 Å². The number of likely N-dealkylation sites (N-methyl/N-ethyl adjacent to an activating group) is 1. The molecule has 2 nitrogen and oxygen atoms in total. The first-order valence-corrected chi connectivity index (χ1v) is 7.13. The molecule has 1 atom stereocenters. The van der Waals surface area contributed by atoms with Crippen LogP contribution in [0.5, 0.6) is 0 Å². The van der Waals surface area contributed by atoms with Gasteiger partial charge in [-0.15, -0.1) is 0 Å². The molecule has 17 heavy (non-hydrogen) atoms. The van der Waals surface area contributed by atoms with Crippen LogP contribution in [0.4, 0.5) is 0 Å². The molecule has 0 heterocycles. The number of hydrogen-bond donors (Lipinski definition) is 0. The highest BCUT2D eigenvalue weighted by Gasteiger charge is 2.42. The molecule has 0 amide bonds. The van der Waals surface area contributed by atoms with E-state index in [1.165, 1.54) is 12.8 Å². The molecule has 0 aromatic rings. The van der Waals surface area contributed by atoms with Gasteiger partial charge in [0.2, 0.25) is 0 Å². The fourth-order valence-electron chi connectivity index (χ4n) is 2.87. The average Bonchev–Trinajstić information content (AvgIpc) is 2.29. The highest BCUT2D eigenvalue weighted by molar-refractivity contribution is 5.88. The van der Waals surface area contributed by atoms with E-state index >= 15 is 0 Å². The first-order chi connectivity index (χ1) is 7.92. The van der Waals surface area contributed by atoms with Crippen LogP contribution in [0.15, 0.2) is 0 Å². The molecule has 1 aliphatic carbocycles. The quantitative estimate of drug-likeness (QED) is 0.732. The van der Waals surface area contributed by atoms with Gasteiger partial charge in [0.1, 0.15) is 0 Å². The Morgan fingerprint density at radius 3 is 2.29 bits per heavy atom. The number of carbonyl (C=O) groups excluding carboxylic acids is 1. The van der Waals surface area contributed by atoms with Gasteiger partial charge in [0, 0.05) is 6.42 Å². The van der Waals surface area contributed by atoms with Crippen molar-refractivity contribution in [3.63, 3.8) is 0 Å².